The molecule has 0 saturated heterocycles. The second-order valence-electron chi connectivity index (χ2n) is 3.58. The normalized spacial score (nSPS) is 12.8. The first-order chi connectivity index (χ1) is 8.63. The molecule has 0 fully saturated rings. The molecule has 0 atom stereocenters. The standard InChI is InChI=1S/C9H5F3N2O4S/c10-9(11,19(12,17)18)8-13-5-2-1-4(7(15)16)3-6(5)14-8/h1-3H,(H,13,14)(H,15,16). The molecule has 1 aromatic carbocycles. The van der Waals surface area contributed by atoms with E-state index in [1.807, 2.05) is 4.98 Å². The van der Waals surface area contributed by atoms with E-state index >= 15 is 0 Å². The van der Waals surface area contributed by atoms with E-state index in [0.29, 0.717) is 0 Å². The van der Waals surface area contributed by atoms with Gasteiger partial charge in [0.2, 0.25) is 0 Å². The number of rotatable bonds is 3. The highest BCUT2D eigenvalue weighted by Crippen LogP contribution is 2.34. The van der Waals surface area contributed by atoms with Gasteiger partial charge < -0.3 is 10.1 Å². The molecule has 0 aliphatic heterocycles. The number of benzene rings is 1. The SMILES string of the molecule is O=C(O)c1ccc2nc(C(F)(F)S(=O)(=O)F)[nH]c2c1. The van der Waals surface area contributed by atoms with Gasteiger partial charge in [-0.15, -0.1) is 0 Å². The van der Waals surface area contributed by atoms with Crippen LogP contribution in [0.4, 0.5) is 12.7 Å². The molecule has 0 aliphatic rings. The Bertz CT molecular complexity index is 769. The molecule has 2 aromatic rings. The van der Waals surface area contributed by atoms with E-state index in [2.05, 4.69) is 4.98 Å². The lowest BCUT2D eigenvalue weighted by Crippen LogP contribution is -2.23. The van der Waals surface area contributed by atoms with Crippen LogP contribution in [0.15, 0.2) is 18.2 Å². The first kappa shape index (κ1) is 13.3. The number of halogens is 3. The summed E-state index contributed by atoms with van der Waals surface area (Å²) in [6.45, 7) is 0. The third kappa shape index (κ3) is 2.14. The monoisotopic (exact) mass is 294 g/mol. The number of alkyl halides is 2. The molecule has 0 saturated carbocycles. The predicted octanol–water partition coefficient (Wildman–Crippen LogP) is 1.61. The number of aromatic nitrogens is 2. The number of hydrogen-bond donors (Lipinski definition) is 2. The largest absolute Gasteiger partial charge is 0.478 e. The molecule has 0 bridgehead atoms. The number of imidazole rings is 1. The zero-order valence-corrected chi connectivity index (χ0v) is 9.71. The summed E-state index contributed by atoms with van der Waals surface area (Å²) in [4.78, 5) is 15.8. The molecule has 0 spiro atoms. The Morgan fingerprint density at radius 2 is 2.00 bits per heavy atom. The highest BCUT2D eigenvalue weighted by Gasteiger charge is 2.50. The fourth-order valence-electron chi connectivity index (χ4n) is 1.40. The van der Waals surface area contributed by atoms with Gasteiger partial charge >= 0.3 is 21.4 Å². The lowest BCUT2D eigenvalue weighted by Gasteiger charge is -2.06. The maximum Gasteiger partial charge on any atom is 0.430 e. The highest BCUT2D eigenvalue weighted by molar-refractivity contribution is 7.87. The van der Waals surface area contributed by atoms with Crippen molar-refractivity contribution in [2.75, 3.05) is 0 Å². The maximum atomic E-state index is 13.2. The Labute approximate surface area is 104 Å². The summed E-state index contributed by atoms with van der Waals surface area (Å²) in [5, 5.41) is 3.88. The summed E-state index contributed by atoms with van der Waals surface area (Å²) >= 11 is 0. The number of nitrogens with zero attached hydrogens (tertiary/aromatic N) is 1. The minimum Gasteiger partial charge on any atom is -0.478 e. The second-order valence-corrected chi connectivity index (χ2v) is 4.97. The average Bonchev–Trinajstić information content (AvgIpc) is 2.70. The van der Waals surface area contributed by atoms with E-state index in [-0.39, 0.29) is 16.6 Å². The van der Waals surface area contributed by atoms with E-state index in [9.17, 15) is 25.9 Å². The number of carbonyl (C=O) groups is 1. The number of carboxylic acid groups (broad SMARTS) is 1. The Morgan fingerprint density at radius 3 is 2.53 bits per heavy atom. The van der Waals surface area contributed by atoms with Crippen molar-refractivity contribution in [3.63, 3.8) is 0 Å². The van der Waals surface area contributed by atoms with Gasteiger partial charge in [0, 0.05) is 0 Å². The van der Waals surface area contributed by atoms with Crippen LogP contribution in [0.3, 0.4) is 0 Å². The Balaban J connectivity index is 2.63. The van der Waals surface area contributed by atoms with Crippen LogP contribution in [-0.4, -0.2) is 29.5 Å². The molecular formula is C9H5F3N2O4S. The van der Waals surface area contributed by atoms with Crippen molar-refractivity contribution in [1.82, 2.24) is 9.97 Å². The topological polar surface area (TPSA) is 100 Å². The van der Waals surface area contributed by atoms with Gasteiger partial charge in [0.1, 0.15) is 0 Å². The van der Waals surface area contributed by atoms with Crippen molar-refractivity contribution in [3.8, 4) is 0 Å². The van der Waals surface area contributed by atoms with Crippen LogP contribution in [0.1, 0.15) is 16.2 Å². The highest BCUT2D eigenvalue weighted by atomic mass is 32.3. The molecule has 6 nitrogen and oxygen atoms in total. The molecule has 0 unspecified atom stereocenters. The van der Waals surface area contributed by atoms with Crippen molar-refractivity contribution < 1.29 is 31.0 Å². The molecule has 102 valence electrons. The van der Waals surface area contributed by atoms with Crippen LogP contribution in [0.5, 0.6) is 0 Å². The number of nitrogens with one attached hydrogen (secondary N) is 1. The quantitative estimate of drug-likeness (QED) is 0.838. The van der Waals surface area contributed by atoms with Crippen molar-refractivity contribution >= 4 is 27.2 Å². The fourth-order valence-corrected chi connectivity index (χ4v) is 1.72. The molecule has 0 aliphatic carbocycles. The van der Waals surface area contributed by atoms with Crippen molar-refractivity contribution in [2.24, 2.45) is 0 Å². The zero-order valence-electron chi connectivity index (χ0n) is 8.89. The lowest BCUT2D eigenvalue weighted by atomic mass is 10.2. The first-order valence-electron chi connectivity index (χ1n) is 4.68. The Kier molecular flexibility index (Phi) is 2.77. The van der Waals surface area contributed by atoms with E-state index in [1.54, 1.807) is 0 Å². The first-order valence-corrected chi connectivity index (χ1v) is 6.07. The Hall–Kier alpha value is -2.10. The molecule has 1 aromatic heterocycles. The molecule has 0 amide bonds. The van der Waals surface area contributed by atoms with Crippen molar-refractivity contribution in [3.05, 3.63) is 29.6 Å². The minimum atomic E-state index is -6.17. The van der Waals surface area contributed by atoms with Crippen LogP contribution < -0.4 is 0 Å². The van der Waals surface area contributed by atoms with Crippen LogP contribution in [0, 0.1) is 0 Å². The number of aromatic amines is 1. The van der Waals surface area contributed by atoms with Crippen LogP contribution in [0.25, 0.3) is 11.0 Å². The number of H-pyrrole nitrogens is 1. The smallest absolute Gasteiger partial charge is 0.430 e. The molecule has 2 rings (SSSR count). The van der Waals surface area contributed by atoms with Gasteiger partial charge in [-0.3, -0.25) is 0 Å². The molecular weight excluding hydrogens is 289 g/mol. The number of hydrogen-bond acceptors (Lipinski definition) is 4. The lowest BCUT2D eigenvalue weighted by molar-refractivity contribution is 0.0697. The van der Waals surface area contributed by atoms with E-state index in [0.717, 1.165) is 18.2 Å². The summed E-state index contributed by atoms with van der Waals surface area (Å²) < 4.78 is 59.5. The third-order valence-electron chi connectivity index (χ3n) is 2.31. The van der Waals surface area contributed by atoms with E-state index in [4.69, 9.17) is 5.11 Å². The molecule has 10 heteroatoms. The molecule has 2 N–H and O–H groups in total. The minimum absolute atomic E-state index is 0.108. The Morgan fingerprint density at radius 1 is 1.37 bits per heavy atom. The summed E-state index contributed by atoms with van der Waals surface area (Å²) in [5.41, 5.74) is -0.462. The molecule has 19 heavy (non-hydrogen) atoms. The van der Waals surface area contributed by atoms with Crippen LogP contribution in [-0.2, 0) is 15.5 Å². The van der Waals surface area contributed by atoms with Gasteiger partial charge in [0.15, 0.2) is 5.82 Å². The zero-order chi connectivity index (χ0) is 14.4. The number of carboxylic acids is 1. The summed E-state index contributed by atoms with van der Waals surface area (Å²) in [7, 11) is -6.17. The summed E-state index contributed by atoms with van der Waals surface area (Å²) in [5.74, 6) is -2.71. The van der Waals surface area contributed by atoms with Gasteiger partial charge in [0.05, 0.1) is 16.6 Å². The number of fused-ring (bicyclic) bond motifs is 1. The average molecular weight is 294 g/mol. The van der Waals surface area contributed by atoms with Crippen molar-refractivity contribution in [2.45, 2.75) is 5.25 Å². The maximum absolute atomic E-state index is 13.2. The second kappa shape index (κ2) is 3.95. The van der Waals surface area contributed by atoms with Gasteiger partial charge in [-0.1, -0.05) is 3.89 Å². The van der Waals surface area contributed by atoms with Gasteiger partial charge in [-0.2, -0.15) is 17.2 Å². The van der Waals surface area contributed by atoms with Gasteiger partial charge in [-0.05, 0) is 18.2 Å². The van der Waals surface area contributed by atoms with Gasteiger partial charge in [0.25, 0.3) is 0 Å². The summed E-state index contributed by atoms with van der Waals surface area (Å²) in [6.07, 6.45) is 0. The van der Waals surface area contributed by atoms with E-state index < -0.39 is 27.3 Å². The molecule has 1 heterocycles. The van der Waals surface area contributed by atoms with Gasteiger partial charge in [-0.25, -0.2) is 9.78 Å². The van der Waals surface area contributed by atoms with Crippen LogP contribution >= 0.6 is 0 Å². The van der Waals surface area contributed by atoms with Crippen molar-refractivity contribution in [1.29, 1.82) is 0 Å². The predicted molar refractivity (Wildman–Crippen MR) is 57.0 cm³/mol. The van der Waals surface area contributed by atoms with E-state index in [1.165, 1.54) is 0 Å². The number of aromatic carboxylic acids is 1. The summed E-state index contributed by atoms with van der Waals surface area (Å²) in [6, 6.07) is 3.17. The third-order valence-corrected chi connectivity index (χ3v) is 3.12. The fraction of sp³-hybridized carbons (Fsp3) is 0.111. The molecule has 0 radical (unpaired) electrons. The van der Waals surface area contributed by atoms with Crippen LogP contribution in [0.2, 0.25) is 0 Å².